The third-order valence-corrected chi connectivity index (χ3v) is 6.83. The van der Waals surface area contributed by atoms with Gasteiger partial charge in [0.1, 0.15) is 0 Å². The molecule has 1 atom stereocenters. The first-order valence-electron chi connectivity index (χ1n) is 13.9. The second kappa shape index (κ2) is 21.5. The molecule has 0 bridgehead atoms. The average Bonchev–Trinajstić information content (AvgIpc) is 2.78. The molecule has 1 unspecified atom stereocenters. The molecule has 0 nitrogen and oxygen atoms in total. The van der Waals surface area contributed by atoms with Crippen molar-refractivity contribution in [1.29, 1.82) is 0 Å². The number of benzene rings is 1. The summed E-state index contributed by atoms with van der Waals surface area (Å²) in [5, 5.41) is 0. The summed E-state index contributed by atoms with van der Waals surface area (Å²) in [7, 11) is 0. The van der Waals surface area contributed by atoms with Gasteiger partial charge in [0.15, 0.2) is 0 Å². The van der Waals surface area contributed by atoms with Gasteiger partial charge in [-0.2, -0.15) is 0 Å². The van der Waals surface area contributed by atoms with Crippen LogP contribution >= 0.6 is 0 Å². The predicted molar refractivity (Wildman–Crippen MR) is 137 cm³/mol. The zero-order valence-corrected chi connectivity index (χ0v) is 20.8. The minimum Gasteiger partial charge on any atom is -0.0654 e. The normalized spacial score (nSPS) is 12.3. The Morgan fingerprint density at radius 1 is 0.433 bits per heavy atom. The minimum absolute atomic E-state index is 0.796. The van der Waals surface area contributed by atoms with Crippen LogP contribution in [0.2, 0.25) is 0 Å². The van der Waals surface area contributed by atoms with Gasteiger partial charge in [-0.15, -0.1) is 0 Å². The molecule has 0 fully saturated rings. The lowest BCUT2D eigenvalue weighted by Crippen LogP contribution is -1.99. The van der Waals surface area contributed by atoms with E-state index in [9.17, 15) is 0 Å². The van der Waals surface area contributed by atoms with Crippen molar-refractivity contribution in [2.24, 2.45) is 0 Å². The summed E-state index contributed by atoms with van der Waals surface area (Å²) in [5.41, 5.74) is 1.59. The lowest BCUT2D eigenvalue weighted by atomic mass is 9.88. The molecule has 30 heavy (non-hydrogen) atoms. The molecule has 0 heteroatoms. The van der Waals surface area contributed by atoms with Crippen LogP contribution in [-0.4, -0.2) is 0 Å². The Bertz CT molecular complexity index is 435. The summed E-state index contributed by atoms with van der Waals surface area (Å²) in [4.78, 5) is 0. The highest BCUT2D eigenvalue weighted by atomic mass is 14.2. The third kappa shape index (κ3) is 16.0. The van der Waals surface area contributed by atoms with Crippen molar-refractivity contribution in [2.75, 3.05) is 0 Å². The number of rotatable bonds is 22. The van der Waals surface area contributed by atoms with Crippen LogP contribution in [0.1, 0.15) is 160 Å². The van der Waals surface area contributed by atoms with Crippen molar-refractivity contribution in [1.82, 2.24) is 0 Å². The number of hydrogen-bond acceptors (Lipinski definition) is 0. The smallest absolute Gasteiger partial charge is 0.0162 e. The Kier molecular flexibility index (Phi) is 19.5. The molecule has 0 heterocycles. The van der Waals surface area contributed by atoms with Crippen molar-refractivity contribution < 1.29 is 0 Å². The van der Waals surface area contributed by atoms with Gasteiger partial charge in [-0.1, -0.05) is 166 Å². The lowest BCUT2D eigenvalue weighted by Gasteiger charge is -2.17. The van der Waals surface area contributed by atoms with E-state index in [2.05, 4.69) is 44.2 Å². The minimum atomic E-state index is 0.796. The molecule has 0 aliphatic rings. The molecule has 1 aromatic carbocycles. The van der Waals surface area contributed by atoms with Crippen molar-refractivity contribution in [2.45, 2.75) is 155 Å². The SMILES string of the molecule is CCCCCCCCCCCCCC(CCCCCCCCCC)c1ccccc1. The van der Waals surface area contributed by atoms with Gasteiger partial charge in [0.05, 0.1) is 0 Å². The fourth-order valence-corrected chi connectivity index (χ4v) is 4.78. The van der Waals surface area contributed by atoms with E-state index in [0.29, 0.717) is 0 Å². The van der Waals surface area contributed by atoms with E-state index in [1.807, 2.05) is 0 Å². The molecule has 1 aromatic rings. The zero-order chi connectivity index (χ0) is 21.5. The summed E-state index contributed by atoms with van der Waals surface area (Å²) in [5.74, 6) is 0.796. The summed E-state index contributed by atoms with van der Waals surface area (Å²) >= 11 is 0. The predicted octanol–water partition coefficient (Wildman–Crippen LogP) is 11.0. The van der Waals surface area contributed by atoms with Gasteiger partial charge in [-0.05, 0) is 24.3 Å². The van der Waals surface area contributed by atoms with E-state index in [1.165, 1.54) is 135 Å². The Morgan fingerprint density at radius 2 is 0.767 bits per heavy atom. The highest BCUT2D eigenvalue weighted by Gasteiger charge is 2.10. The van der Waals surface area contributed by atoms with Gasteiger partial charge in [0, 0.05) is 0 Å². The molecular formula is C30H54. The van der Waals surface area contributed by atoms with E-state index in [1.54, 1.807) is 5.56 Å². The van der Waals surface area contributed by atoms with E-state index in [0.717, 1.165) is 5.92 Å². The van der Waals surface area contributed by atoms with E-state index < -0.39 is 0 Å². The van der Waals surface area contributed by atoms with Gasteiger partial charge in [0.25, 0.3) is 0 Å². The van der Waals surface area contributed by atoms with Crippen molar-refractivity contribution in [3.63, 3.8) is 0 Å². The summed E-state index contributed by atoms with van der Waals surface area (Å²) in [6.07, 6.45) is 30.1. The number of hydrogen-bond donors (Lipinski definition) is 0. The molecule has 0 spiro atoms. The first-order chi connectivity index (χ1) is 14.9. The van der Waals surface area contributed by atoms with Crippen LogP contribution in [0.5, 0.6) is 0 Å². The van der Waals surface area contributed by atoms with Crippen LogP contribution in [0.25, 0.3) is 0 Å². The molecule has 0 N–H and O–H groups in total. The molecule has 0 radical (unpaired) electrons. The van der Waals surface area contributed by atoms with Crippen molar-refractivity contribution in [3.05, 3.63) is 35.9 Å². The Hall–Kier alpha value is -0.780. The molecule has 174 valence electrons. The Morgan fingerprint density at radius 3 is 1.13 bits per heavy atom. The number of unbranched alkanes of at least 4 members (excludes halogenated alkanes) is 17. The molecule has 0 aliphatic carbocycles. The summed E-state index contributed by atoms with van der Waals surface area (Å²) < 4.78 is 0. The highest BCUT2D eigenvalue weighted by Crippen LogP contribution is 2.28. The monoisotopic (exact) mass is 414 g/mol. The van der Waals surface area contributed by atoms with Gasteiger partial charge in [-0.25, -0.2) is 0 Å². The molecule has 0 saturated carbocycles. The largest absolute Gasteiger partial charge is 0.0654 e. The second-order valence-electron chi connectivity index (χ2n) is 9.70. The molecule has 0 aromatic heterocycles. The van der Waals surface area contributed by atoms with Crippen molar-refractivity contribution >= 4 is 0 Å². The average molecular weight is 415 g/mol. The van der Waals surface area contributed by atoms with Gasteiger partial charge >= 0.3 is 0 Å². The van der Waals surface area contributed by atoms with Gasteiger partial charge in [0.2, 0.25) is 0 Å². The first kappa shape index (κ1) is 27.3. The van der Waals surface area contributed by atoms with Gasteiger partial charge < -0.3 is 0 Å². The molecular weight excluding hydrogens is 360 g/mol. The maximum Gasteiger partial charge on any atom is -0.0162 e. The first-order valence-corrected chi connectivity index (χ1v) is 13.9. The third-order valence-electron chi connectivity index (χ3n) is 6.83. The summed E-state index contributed by atoms with van der Waals surface area (Å²) in [6, 6.07) is 11.4. The topological polar surface area (TPSA) is 0 Å². The van der Waals surface area contributed by atoms with Crippen LogP contribution in [0.3, 0.4) is 0 Å². The quantitative estimate of drug-likeness (QED) is 0.165. The molecule has 0 saturated heterocycles. The molecule has 0 aliphatic heterocycles. The Labute approximate surface area is 190 Å². The van der Waals surface area contributed by atoms with Crippen LogP contribution in [0.15, 0.2) is 30.3 Å². The van der Waals surface area contributed by atoms with Crippen LogP contribution in [-0.2, 0) is 0 Å². The fourth-order valence-electron chi connectivity index (χ4n) is 4.78. The van der Waals surface area contributed by atoms with E-state index in [-0.39, 0.29) is 0 Å². The summed E-state index contributed by atoms with van der Waals surface area (Å²) in [6.45, 7) is 4.61. The lowest BCUT2D eigenvalue weighted by molar-refractivity contribution is 0.481. The van der Waals surface area contributed by atoms with Crippen LogP contribution < -0.4 is 0 Å². The van der Waals surface area contributed by atoms with E-state index in [4.69, 9.17) is 0 Å². The van der Waals surface area contributed by atoms with Gasteiger partial charge in [-0.3, -0.25) is 0 Å². The fraction of sp³-hybridized carbons (Fsp3) is 0.800. The van der Waals surface area contributed by atoms with Crippen LogP contribution in [0.4, 0.5) is 0 Å². The zero-order valence-electron chi connectivity index (χ0n) is 20.8. The van der Waals surface area contributed by atoms with E-state index >= 15 is 0 Å². The maximum atomic E-state index is 2.37. The Balaban J connectivity index is 2.10. The van der Waals surface area contributed by atoms with Crippen LogP contribution in [0, 0.1) is 0 Å². The standard InChI is InChI=1S/C30H54/c1-3-5-7-9-11-13-14-15-17-19-22-26-29(30-27-23-20-24-28-30)25-21-18-16-12-10-8-6-4-2/h20,23-24,27-29H,3-19,21-22,25-26H2,1-2H3. The maximum absolute atomic E-state index is 2.37. The molecule has 1 rings (SSSR count). The second-order valence-corrected chi connectivity index (χ2v) is 9.70. The van der Waals surface area contributed by atoms with Crippen molar-refractivity contribution in [3.8, 4) is 0 Å². The highest BCUT2D eigenvalue weighted by molar-refractivity contribution is 5.19. The molecule has 0 amide bonds.